The van der Waals surface area contributed by atoms with Crippen molar-refractivity contribution in [2.24, 2.45) is 10.7 Å². The summed E-state index contributed by atoms with van der Waals surface area (Å²) < 4.78 is 44.2. The minimum absolute atomic E-state index is 0.0355. The molecule has 1 unspecified atom stereocenters. The Kier molecular flexibility index (Phi) is 4.98. The van der Waals surface area contributed by atoms with Crippen LogP contribution < -0.4 is 15.8 Å². The number of amidine groups is 1. The molecule has 1 aliphatic heterocycles. The molecule has 0 fully saturated rings. The molecule has 0 aliphatic carbocycles. The van der Waals surface area contributed by atoms with Gasteiger partial charge in [-0.15, -0.1) is 0 Å². The van der Waals surface area contributed by atoms with Crippen LogP contribution in [0.15, 0.2) is 41.8 Å². The third-order valence-corrected chi connectivity index (χ3v) is 7.05. The molecule has 30 heavy (non-hydrogen) atoms. The minimum Gasteiger partial charge on any atom is -0.495 e. The highest BCUT2D eigenvalue weighted by Gasteiger charge is 2.35. The molecule has 0 aromatic carbocycles. The van der Waals surface area contributed by atoms with Crippen molar-refractivity contribution in [3.63, 3.8) is 0 Å². The molecule has 156 valence electrons. The maximum Gasteiger partial charge on any atom is 0.218 e. The standard InChI is InChI=1S/C19H19FN6O3S/c1-10-18(21)26-15(9-30(10,27)28)14-6-12(7-24-17(14)20)25-19-16-11(3-4-22-19)5-13(29-2)8-23-16/h3-8,10,15H,9H2,1-2H3,(H2,21,26)(H,22,25)/t10?,15-/m0/s1. The smallest absolute Gasteiger partial charge is 0.218 e. The second-order valence-corrected chi connectivity index (χ2v) is 9.24. The molecule has 3 aromatic heterocycles. The number of aliphatic imine (C=N–C) groups is 1. The van der Waals surface area contributed by atoms with Gasteiger partial charge in [0.25, 0.3) is 0 Å². The third-order valence-electron chi connectivity index (χ3n) is 4.95. The molecule has 9 nitrogen and oxygen atoms in total. The van der Waals surface area contributed by atoms with Crippen LogP contribution in [-0.2, 0) is 9.84 Å². The van der Waals surface area contributed by atoms with Crippen molar-refractivity contribution < 1.29 is 17.5 Å². The Morgan fingerprint density at radius 3 is 2.77 bits per heavy atom. The first-order valence-corrected chi connectivity index (χ1v) is 10.8. The topological polar surface area (TPSA) is 132 Å². The van der Waals surface area contributed by atoms with Gasteiger partial charge in [0.15, 0.2) is 15.7 Å². The van der Waals surface area contributed by atoms with Crippen LogP contribution in [0, 0.1) is 5.95 Å². The van der Waals surface area contributed by atoms with E-state index in [1.165, 1.54) is 19.2 Å². The van der Waals surface area contributed by atoms with E-state index in [-0.39, 0.29) is 17.2 Å². The number of nitrogens with zero attached hydrogens (tertiary/aromatic N) is 4. The number of hydrogen-bond donors (Lipinski definition) is 2. The van der Waals surface area contributed by atoms with Crippen LogP contribution >= 0.6 is 0 Å². The van der Waals surface area contributed by atoms with E-state index in [4.69, 9.17) is 10.5 Å². The Morgan fingerprint density at radius 1 is 1.23 bits per heavy atom. The zero-order chi connectivity index (χ0) is 21.5. The summed E-state index contributed by atoms with van der Waals surface area (Å²) in [6, 6.07) is 4.09. The van der Waals surface area contributed by atoms with Crippen LogP contribution in [-0.4, -0.2) is 47.3 Å². The van der Waals surface area contributed by atoms with E-state index < -0.39 is 27.1 Å². The molecule has 2 atom stereocenters. The molecule has 0 spiro atoms. The summed E-state index contributed by atoms with van der Waals surface area (Å²) in [5.74, 6) is -0.153. The van der Waals surface area contributed by atoms with Gasteiger partial charge in [0, 0.05) is 17.1 Å². The number of ether oxygens (including phenoxy) is 1. The zero-order valence-corrected chi connectivity index (χ0v) is 17.0. The van der Waals surface area contributed by atoms with Gasteiger partial charge in [-0.2, -0.15) is 4.39 Å². The van der Waals surface area contributed by atoms with Crippen molar-refractivity contribution in [1.82, 2.24) is 15.0 Å². The normalized spacial score (nSPS) is 20.6. The zero-order valence-electron chi connectivity index (χ0n) is 16.2. The molecule has 4 rings (SSSR count). The van der Waals surface area contributed by atoms with E-state index in [1.807, 2.05) is 6.07 Å². The molecule has 0 amide bonds. The predicted octanol–water partition coefficient (Wildman–Crippen LogP) is 2.13. The summed E-state index contributed by atoms with van der Waals surface area (Å²) in [6.07, 6.45) is 4.45. The molecule has 1 aliphatic rings. The molecule has 0 bridgehead atoms. The molecule has 0 saturated carbocycles. The maximum absolute atomic E-state index is 14.4. The Balaban J connectivity index is 1.71. The van der Waals surface area contributed by atoms with Crippen molar-refractivity contribution >= 4 is 38.1 Å². The minimum atomic E-state index is -3.54. The molecule has 4 heterocycles. The number of aromatic nitrogens is 3. The molecule has 3 aromatic rings. The molecule has 11 heteroatoms. The van der Waals surface area contributed by atoms with Gasteiger partial charge < -0.3 is 15.8 Å². The van der Waals surface area contributed by atoms with Crippen molar-refractivity contribution in [1.29, 1.82) is 0 Å². The fourth-order valence-electron chi connectivity index (χ4n) is 3.18. The van der Waals surface area contributed by atoms with Gasteiger partial charge in [0.1, 0.15) is 22.4 Å². The van der Waals surface area contributed by atoms with Crippen LogP contribution in [0.3, 0.4) is 0 Å². The van der Waals surface area contributed by atoms with Crippen LogP contribution in [0.1, 0.15) is 18.5 Å². The highest BCUT2D eigenvalue weighted by atomic mass is 32.2. The lowest BCUT2D eigenvalue weighted by molar-refractivity contribution is 0.414. The largest absolute Gasteiger partial charge is 0.495 e. The predicted molar refractivity (Wildman–Crippen MR) is 111 cm³/mol. The second-order valence-electron chi connectivity index (χ2n) is 6.88. The van der Waals surface area contributed by atoms with Crippen molar-refractivity contribution in [2.75, 3.05) is 18.2 Å². The second kappa shape index (κ2) is 7.48. The lowest BCUT2D eigenvalue weighted by Gasteiger charge is -2.24. The van der Waals surface area contributed by atoms with E-state index in [2.05, 4.69) is 25.3 Å². The van der Waals surface area contributed by atoms with Gasteiger partial charge in [-0.3, -0.25) is 4.99 Å². The number of pyridine rings is 3. The highest BCUT2D eigenvalue weighted by Crippen LogP contribution is 2.30. The van der Waals surface area contributed by atoms with Crippen molar-refractivity contribution in [2.45, 2.75) is 18.2 Å². The number of anilines is 2. The summed E-state index contributed by atoms with van der Waals surface area (Å²) in [7, 11) is -1.98. The van der Waals surface area contributed by atoms with Gasteiger partial charge in [-0.1, -0.05) is 0 Å². The fourth-order valence-corrected chi connectivity index (χ4v) is 4.59. The first-order valence-electron chi connectivity index (χ1n) is 9.04. The quantitative estimate of drug-likeness (QED) is 0.602. The van der Waals surface area contributed by atoms with E-state index in [0.717, 1.165) is 5.39 Å². The van der Waals surface area contributed by atoms with E-state index in [0.29, 0.717) is 22.8 Å². The molecule has 3 N–H and O–H groups in total. The first-order chi connectivity index (χ1) is 14.3. The maximum atomic E-state index is 14.4. The summed E-state index contributed by atoms with van der Waals surface area (Å²) in [5.41, 5.74) is 6.79. The molecule has 0 saturated heterocycles. The van der Waals surface area contributed by atoms with E-state index in [9.17, 15) is 12.8 Å². The monoisotopic (exact) mass is 430 g/mol. The van der Waals surface area contributed by atoms with E-state index >= 15 is 0 Å². The molecular weight excluding hydrogens is 411 g/mol. The van der Waals surface area contributed by atoms with E-state index in [1.54, 1.807) is 25.6 Å². The first kappa shape index (κ1) is 20.0. The lowest BCUT2D eigenvalue weighted by Crippen LogP contribution is -2.41. The van der Waals surface area contributed by atoms with Gasteiger partial charge in [-0.05, 0) is 25.1 Å². The number of nitrogens with one attached hydrogen (secondary N) is 1. The van der Waals surface area contributed by atoms with Crippen LogP contribution in [0.5, 0.6) is 5.75 Å². The Morgan fingerprint density at radius 2 is 2.03 bits per heavy atom. The summed E-state index contributed by atoms with van der Waals surface area (Å²) in [5, 5.41) is 2.96. The SMILES string of the molecule is COc1cnc2c(Nc3cnc(F)c([C@@H]4CS(=O)(=O)C(C)C(N)=N4)c3)nccc2c1. The number of sulfone groups is 1. The Hall–Kier alpha value is -3.34. The summed E-state index contributed by atoms with van der Waals surface area (Å²) in [4.78, 5) is 16.6. The Bertz CT molecular complexity index is 1260. The highest BCUT2D eigenvalue weighted by molar-refractivity contribution is 7.92. The fraction of sp³-hybridized carbons (Fsp3) is 0.263. The number of nitrogens with two attached hydrogens (primary N) is 1. The van der Waals surface area contributed by atoms with Crippen molar-refractivity contribution in [3.8, 4) is 5.75 Å². The van der Waals surface area contributed by atoms with Crippen LogP contribution in [0.25, 0.3) is 10.9 Å². The average molecular weight is 430 g/mol. The van der Waals surface area contributed by atoms with Gasteiger partial charge >= 0.3 is 0 Å². The van der Waals surface area contributed by atoms with Gasteiger partial charge in [0.2, 0.25) is 5.95 Å². The third kappa shape index (κ3) is 3.63. The molecular formula is C19H19FN6O3S. The van der Waals surface area contributed by atoms with Gasteiger partial charge in [-0.25, -0.2) is 23.4 Å². The summed E-state index contributed by atoms with van der Waals surface area (Å²) >= 11 is 0. The Labute approximate surface area is 172 Å². The van der Waals surface area contributed by atoms with Crippen LogP contribution in [0.4, 0.5) is 15.9 Å². The number of halogens is 1. The van der Waals surface area contributed by atoms with Crippen LogP contribution in [0.2, 0.25) is 0 Å². The number of fused-ring (bicyclic) bond motifs is 1. The lowest BCUT2D eigenvalue weighted by atomic mass is 10.1. The van der Waals surface area contributed by atoms with Crippen molar-refractivity contribution in [3.05, 3.63) is 48.3 Å². The number of methoxy groups -OCH3 is 1. The van der Waals surface area contributed by atoms with Gasteiger partial charge in [0.05, 0.1) is 37.0 Å². The number of hydrogen-bond acceptors (Lipinski definition) is 9. The molecule has 0 radical (unpaired) electrons. The average Bonchev–Trinajstić information content (AvgIpc) is 2.72. The summed E-state index contributed by atoms with van der Waals surface area (Å²) in [6.45, 7) is 1.46. The number of rotatable bonds is 4.